The van der Waals surface area contributed by atoms with Crippen LogP contribution >= 0.6 is 0 Å². The highest BCUT2D eigenvalue weighted by molar-refractivity contribution is 6.16. The van der Waals surface area contributed by atoms with Gasteiger partial charge in [-0.3, -0.25) is 14.9 Å². The fraction of sp³-hybridized carbons (Fsp3) is 0.125. The van der Waals surface area contributed by atoms with Crippen LogP contribution in [-0.2, 0) is 22.2 Å². The van der Waals surface area contributed by atoms with Crippen molar-refractivity contribution in [3.05, 3.63) is 59.3 Å². The third-order valence-corrected chi connectivity index (χ3v) is 3.48. The number of hydrogen-bond acceptors (Lipinski definition) is 4. The molecule has 0 atom stereocenters. The molecule has 0 spiro atoms. The Morgan fingerprint density at radius 1 is 1.04 bits per heavy atom. The second-order valence-electron chi connectivity index (χ2n) is 5.15. The predicted molar refractivity (Wildman–Crippen MR) is 77.4 cm³/mol. The molecule has 0 saturated carbocycles. The summed E-state index contributed by atoms with van der Waals surface area (Å²) in [6, 6.07) is 6.99. The lowest BCUT2D eigenvalue weighted by atomic mass is 10.0. The Hall–Kier alpha value is -3.03. The zero-order valence-corrected chi connectivity index (χ0v) is 12.1. The Balaban J connectivity index is 1.87. The van der Waals surface area contributed by atoms with Gasteiger partial charge < -0.3 is 0 Å². The summed E-state index contributed by atoms with van der Waals surface area (Å²) in [5.74, 6) is -0.932. The van der Waals surface area contributed by atoms with Crippen LogP contribution in [0.1, 0.15) is 11.1 Å². The van der Waals surface area contributed by atoms with Crippen LogP contribution < -0.4 is 5.32 Å². The summed E-state index contributed by atoms with van der Waals surface area (Å²) in [5.41, 5.74) is 0.133. The van der Waals surface area contributed by atoms with Crippen molar-refractivity contribution in [2.75, 3.05) is 0 Å². The van der Waals surface area contributed by atoms with E-state index in [1.165, 1.54) is 18.2 Å². The Bertz CT molecular complexity index is 842. The van der Waals surface area contributed by atoms with Crippen LogP contribution in [0, 0.1) is 0 Å². The molecule has 0 unspecified atom stereocenters. The number of halogens is 3. The third-order valence-electron chi connectivity index (χ3n) is 3.48. The van der Waals surface area contributed by atoms with Crippen molar-refractivity contribution in [1.82, 2.24) is 15.5 Å². The molecule has 1 aromatic carbocycles. The number of benzene rings is 1. The molecule has 1 aromatic heterocycles. The van der Waals surface area contributed by atoms with E-state index < -0.39 is 23.6 Å². The topological polar surface area (TPSA) is 72.0 Å². The summed E-state index contributed by atoms with van der Waals surface area (Å²) in [4.78, 5) is 22.6. The maximum atomic E-state index is 13.0. The van der Waals surface area contributed by atoms with Crippen LogP contribution in [0.2, 0.25) is 0 Å². The van der Waals surface area contributed by atoms with E-state index >= 15 is 0 Å². The third kappa shape index (κ3) is 3.17. The van der Waals surface area contributed by atoms with Crippen LogP contribution in [0.5, 0.6) is 0 Å². The molecule has 3 rings (SSSR count). The van der Waals surface area contributed by atoms with Crippen molar-refractivity contribution < 1.29 is 22.8 Å². The van der Waals surface area contributed by atoms with Crippen molar-refractivity contribution >= 4 is 11.8 Å². The summed E-state index contributed by atoms with van der Waals surface area (Å²) in [5, 5.41) is 9.22. The minimum atomic E-state index is -4.53. The number of nitrogens with zero attached hydrogens (tertiary/aromatic N) is 2. The van der Waals surface area contributed by atoms with E-state index in [1.54, 1.807) is 12.1 Å². The van der Waals surface area contributed by atoms with Crippen molar-refractivity contribution in [3.63, 3.8) is 0 Å². The first-order valence-corrected chi connectivity index (χ1v) is 6.88. The normalized spacial score (nSPS) is 14.5. The molecule has 24 heavy (non-hydrogen) atoms. The smallest absolute Gasteiger partial charge is 0.289 e. The maximum Gasteiger partial charge on any atom is 0.418 e. The van der Waals surface area contributed by atoms with E-state index in [-0.39, 0.29) is 17.7 Å². The molecule has 0 fully saturated rings. The number of nitrogens with one attached hydrogen (secondary N) is 1. The van der Waals surface area contributed by atoms with E-state index in [0.29, 0.717) is 11.1 Å². The fourth-order valence-corrected chi connectivity index (χ4v) is 2.36. The quantitative estimate of drug-likeness (QED) is 0.875. The SMILES string of the molecule is O=C1C=C(Cc2ccc(-c3nnccc3C(F)(F)F)cc2)C(=O)N1. The first-order chi connectivity index (χ1) is 11.3. The lowest BCUT2D eigenvalue weighted by molar-refractivity contribution is -0.137. The summed E-state index contributed by atoms with van der Waals surface area (Å²) in [6.07, 6.45) is -2.12. The molecular formula is C16H10F3N3O2. The van der Waals surface area contributed by atoms with Crippen LogP contribution in [-0.4, -0.2) is 22.0 Å². The van der Waals surface area contributed by atoms with E-state index in [0.717, 1.165) is 12.3 Å². The molecule has 2 heterocycles. The van der Waals surface area contributed by atoms with Gasteiger partial charge in [0.2, 0.25) is 0 Å². The van der Waals surface area contributed by atoms with Crippen LogP contribution in [0.25, 0.3) is 11.3 Å². The van der Waals surface area contributed by atoms with Crippen LogP contribution in [0.3, 0.4) is 0 Å². The van der Waals surface area contributed by atoms with E-state index in [1.807, 2.05) is 0 Å². The number of aromatic nitrogens is 2. The molecule has 1 aliphatic rings. The summed E-state index contributed by atoms with van der Waals surface area (Å²) in [6.45, 7) is 0. The summed E-state index contributed by atoms with van der Waals surface area (Å²) < 4.78 is 39.0. The Morgan fingerprint density at radius 3 is 2.33 bits per heavy atom. The number of imide groups is 1. The van der Waals surface area contributed by atoms with Crippen molar-refractivity contribution in [2.45, 2.75) is 12.6 Å². The standard InChI is InChI=1S/C16H10F3N3O2/c17-16(18,19)12-5-6-20-22-14(12)10-3-1-9(2-4-10)7-11-8-13(23)21-15(11)24/h1-6,8H,7H2,(H,21,23,24). The fourth-order valence-electron chi connectivity index (χ4n) is 2.36. The molecule has 0 aliphatic carbocycles. The molecule has 8 heteroatoms. The second-order valence-corrected chi connectivity index (χ2v) is 5.15. The zero-order chi connectivity index (χ0) is 17.3. The molecule has 0 bridgehead atoms. The second kappa shape index (κ2) is 5.88. The van der Waals surface area contributed by atoms with Gasteiger partial charge in [0.15, 0.2) is 0 Å². The van der Waals surface area contributed by atoms with Gasteiger partial charge in [-0.2, -0.15) is 18.3 Å². The Kier molecular flexibility index (Phi) is 3.88. The highest BCUT2D eigenvalue weighted by atomic mass is 19.4. The van der Waals surface area contributed by atoms with Gasteiger partial charge in [-0.25, -0.2) is 0 Å². The highest BCUT2D eigenvalue weighted by Gasteiger charge is 2.34. The van der Waals surface area contributed by atoms with Gasteiger partial charge in [0.1, 0.15) is 5.69 Å². The Labute approximate surface area is 134 Å². The van der Waals surface area contributed by atoms with Crippen LogP contribution in [0.4, 0.5) is 13.2 Å². The van der Waals surface area contributed by atoms with Crippen molar-refractivity contribution in [2.24, 2.45) is 0 Å². The first-order valence-electron chi connectivity index (χ1n) is 6.88. The molecule has 5 nitrogen and oxygen atoms in total. The molecule has 1 N–H and O–H groups in total. The van der Waals surface area contributed by atoms with E-state index in [4.69, 9.17) is 0 Å². The molecule has 2 amide bonds. The molecule has 0 radical (unpaired) electrons. The van der Waals surface area contributed by atoms with Gasteiger partial charge in [-0.05, 0) is 11.6 Å². The maximum absolute atomic E-state index is 13.0. The van der Waals surface area contributed by atoms with Gasteiger partial charge in [0, 0.05) is 23.6 Å². The van der Waals surface area contributed by atoms with Crippen molar-refractivity contribution in [1.29, 1.82) is 0 Å². The molecule has 0 saturated heterocycles. The number of alkyl halides is 3. The minimum absolute atomic E-state index is 0.213. The molecule has 122 valence electrons. The number of rotatable bonds is 3. The van der Waals surface area contributed by atoms with Gasteiger partial charge >= 0.3 is 6.18 Å². The lowest BCUT2D eigenvalue weighted by Crippen LogP contribution is -2.22. The number of carbonyl (C=O) groups is 2. The first kappa shape index (κ1) is 15.9. The minimum Gasteiger partial charge on any atom is -0.289 e. The molecular weight excluding hydrogens is 323 g/mol. The Morgan fingerprint density at radius 2 is 1.75 bits per heavy atom. The largest absolute Gasteiger partial charge is 0.418 e. The van der Waals surface area contributed by atoms with E-state index in [9.17, 15) is 22.8 Å². The van der Waals surface area contributed by atoms with E-state index in [2.05, 4.69) is 15.5 Å². The van der Waals surface area contributed by atoms with Gasteiger partial charge in [-0.1, -0.05) is 24.3 Å². The number of amides is 2. The predicted octanol–water partition coefficient (Wildman–Crippen LogP) is 2.29. The van der Waals surface area contributed by atoms with Gasteiger partial charge in [0.05, 0.1) is 11.8 Å². The highest BCUT2D eigenvalue weighted by Crippen LogP contribution is 2.35. The zero-order valence-electron chi connectivity index (χ0n) is 12.1. The average Bonchev–Trinajstić information content (AvgIpc) is 2.85. The number of carbonyl (C=O) groups excluding carboxylic acids is 2. The number of hydrogen-bond donors (Lipinski definition) is 1. The average molecular weight is 333 g/mol. The van der Waals surface area contributed by atoms with Crippen molar-refractivity contribution in [3.8, 4) is 11.3 Å². The molecule has 2 aromatic rings. The summed E-state index contributed by atoms with van der Waals surface area (Å²) >= 11 is 0. The summed E-state index contributed by atoms with van der Waals surface area (Å²) in [7, 11) is 0. The lowest BCUT2D eigenvalue weighted by Gasteiger charge is -2.11. The monoisotopic (exact) mass is 333 g/mol. The van der Waals surface area contributed by atoms with Gasteiger partial charge in [0.25, 0.3) is 11.8 Å². The van der Waals surface area contributed by atoms with Crippen LogP contribution in [0.15, 0.2) is 48.2 Å². The van der Waals surface area contributed by atoms with Gasteiger partial charge in [-0.15, -0.1) is 5.10 Å². The molecule has 1 aliphatic heterocycles.